The highest BCUT2D eigenvalue weighted by atomic mass is 32.2. The molecule has 0 aliphatic heterocycles. The van der Waals surface area contributed by atoms with Gasteiger partial charge in [-0.3, -0.25) is 9.59 Å². The molecule has 1 N–H and O–H groups in total. The molecule has 0 aliphatic carbocycles. The highest BCUT2D eigenvalue weighted by Crippen LogP contribution is 2.18. The molecule has 0 fully saturated rings. The van der Waals surface area contributed by atoms with Crippen LogP contribution in [-0.4, -0.2) is 24.1 Å². The fraction of sp³-hybridized carbons (Fsp3) is 0.105. The summed E-state index contributed by atoms with van der Waals surface area (Å²) in [7, 11) is -4.01. The molecule has 0 saturated carbocycles. The van der Waals surface area contributed by atoms with E-state index < -0.39 is 44.5 Å². The largest absolute Gasteiger partial charge is 0.322 e. The minimum absolute atomic E-state index is 0.0152. The van der Waals surface area contributed by atoms with Gasteiger partial charge in [-0.05, 0) is 37.3 Å². The number of sulfone groups is 1. The number of rotatable bonds is 5. The number of nitrogens with one attached hydrogen (secondary N) is 1. The van der Waals surface area contributed by atoms with Crippen LogP contribution in [0.25, 0.3) is 0 Å². The average molecular weight is 419 g/mol. The lowest BCUT2D eigenvalue weighted by Crippen LogP contribution is -2.30. The number of anilines is 1. The summed E-state index contributed by atoms with van der Waals surface area (Å²) in [6, 6.07) is 10.6. The number of nitrogens with zero attached hydrogens (tertiary/aromatic N) is 2. The summed E-state index contributed by atoms with van der Waals surface area (Å²) in [5.74, 6) is -2.64. The standard InChI is InChI=1S/C19H15F2N3O4S/c1-12-2-5-14(6-3-12)29(27,28)18-8-9-19(26)24(23-18)11-17(25)22-16-7-4-13(20)10-15(16)21/h2-10H,11H2,1H3,(H,22,25). The fourth-order valence-electron chi connectivity index (χ4n) is 2.44. The number of amides is 1. The van der Waals surface area contributed by atoms with E-state index in [1.165, 1.54) is 12.1 Å². The number of benzene rings is 2. The van der Waals surface area contributed by atoms with E-state index in [4.69, 9.17) is 0 Å². The third-order valence-corrected chi connectivity index (χ3v) is 5.61. The van der Waals surface area contributed by atoms with E-state index in [1.54, 1.807) is 19.1 Å². The molecule has 0 unspecified atom stereocenters. The quantitative estimate of drug-likeness (QED) is 0.684. The minimum atomic E-state index is -4.01. The molecule has 3 aromatic rings. The van der Waals surface area contributed by atoms with Crippen molar-refractivity contribution in [2.24, 2.45) is 0 Å². The molecule has 1 amide bonds. The molecule has 29 heavy (non-hydrogen) atoms. The first-order valence-corrected chi connectivity index (χ1v) is 9.80. The number of carbonyl (C=O) groups is 1. The van der Waals surface area contributed by atoms with Crippen molar-refractivity contribution >= 4 is 21.4 Å². The molecule has 1 aromatic heterocycles. The second kappa shape index (κ2) is 7.92. The van der Waals surface area contributed by atoms with Gasteiger partial charge in [0.2, 0.25) is 15.7 Å². The second-order valence-electron chi connectivity index (χ2n) is 6.16. The molecule has 3 rings (SSSR count). The highest BCUT2D eigenvalue weighted by molar-refractivity contribution is 7.91. The summed E-state index contributed by atoms with van der Waals surface area (Å²) in [6.45, 7) is 1.14. The van der Waals surface area contributed by atoms with Gasteiger partial charge in [-0.2, -0.15) is 5.10 Å². The van der Waals surface area contributed by atoms with Crippen molar-refractivity contribution in [3.8, 4) is 0 Å². The Morgan fingerprint density at radius 3 is 2.41 bits per heavy atom. The lowest BCUT2D eigenvalue weighted by atomic mass is 10.2. The monoisotopic (exact) mass is 419 g/mol. The number of halogens is 2. The van der Waals surface area contributed by atoms with Crippen LogP contribution in [0.1, 0.15) is 5.56 Å². The van der Waals surface area contributed by atoms with Crippen LogP contribution >= 0.6 is 0 Å². The smallest absolute Gasteiger partial charge is 0.267 e. The topological polar surface area (TPSA) is 98.1 Å². The zero-order valence-corrected chi connectivity index (χ0v) is 15.9. The van der Waals surface area contributed by atoms with E-state index in [2.05, 4.69) is 10.4 Å². The summed E-state index contributed by atoms with van der Waals surface area (Å²) in [5, 5.41) is 5.53. The number of aryl methyl sites for hydroxylation is 1. The molecule has 2 aromatic carbocycles. The molecule has 0 radical (unpaired) electrons. The van der Waals surface area contributed by atoms with Gasteiger partial charge in [-0.25, -0.2) is 21.9 Å². The molecular weight excluding hydrogens is 404 g/mol. The Labute approximate surface area is 164 Å². The Kier molecular flexibility index (Phi) is 5.55. The lowest BCUT2D eigenvalue weighted by molar-refractivity contribution is -0.117. The van der Waals surface area contributed by atoms with Crippen molar-refractivity contribution in [2.45, 2.75) is 23.4 Å². The predicted octanol–water partition coefficient (Wildman–Crippen LogP) is 2.30. The van der Waals surface area contributed by atoms with Gasteiger partial charge in [-0.15, -0.1) is 0 Å². The molecule has 0 bridgehead atoms. The first-order chi connectivity index (χ1) is 13.7. The van der Waals surface area contributed by atoms with E-state index in [9.17, 15) is 26.8 Å². The lowest BCUT2D eigenvalue weighted by Gasteiger charge is -2.09. The van der Waals surface area contributed by atoms with Crippen molar-refractivity contribution in [2.75, 3.05) is 5.32 Å². The number of hydrogen-bond donors (Lipinski definition) is 1. The maximum atomic E-state index is 13.6. The summed E-state index contributed by atoms with van der Waals surface area (Å²) in [5.41, 5.74) is -0.137. The van der Waals surface area contributed by atoms with Crippen molar-refractivity contribution in [3.63, 3.8) is 0 Å². The third kappa shape index (κ3) is 4.54. The Hall–Kier alpha value is -3.40. The van der Waals surface area contributed by atoms with E-state index in [-0.39, 0.29) is 10.6 Å². The molecule has 7 nitrogen and oxygen atoms in total. The van der Waals surface area contributed by atoms with Gasteiger partial charge in [0.05, 0.1) is 10.6 Å². The molecule has 0 spiro atoms. The molecule has 10 heteroatoms. The van der Waals surface area contributed by atoms with Gasteiger partial charge < -0.3 is 5.32 Å². The van der Waals surface area contributed by atoms with Crippen molar-refractivity contribution in [3.05, 3.63) is 82.1 Å². The van der Waals surface area contributed by atoms with Gasteiger partial charge in [0.25, 0.3) is 5.56 Å². The van der Waals surface area contributed by atoms with Crippen LogP contribution < -0.4 is 10.9 Å². The Balaban J connectivity index is 1.86. The summed E-state index contributed by atoms with van der Waals surface area (Å²) < 4.78 is 52.6. The van der Waals surface area contributed by atoms with E-state index in [1.807, 2.05) is 0 Å². The van der Waals surface area contributed by atoms with Crippen molar-refractivity contribution in [1.29, 1.82) is 0 Å². The Bertz CT molecular complexity index is 1240. The third-order valence-electron chi connectivity index (χ3n) is 3.95. The highest BCUT2D eigenvalue weighted by Gasteiger charge is 2.21. The van der Waals surface area contributed by atoms with E-state index >= 15 is 0 Å². The number of hydrogen-bond acceptors (Lipinski definition) is 5. The SMILES string of the molecule is Cc1ccc(S(=O)(=O)c2ccc(=O)n(CC(=O)Nc3ccc(F)cc3F)n2)cc1. The minimum Gasteiger partial charge on any atom is -0.322 e. The fourth-order valence-corrected chi connectivity index (χ4v) is 3.63. The zero-order valence-electron chi connectivity index (χ0n) is 15.1. The Morgan fingerprint density at radius 2 is 1.76 bits per heavy atom. The maximum absolute atomic E-state index is 13.6. The van der Waals surface area contributed by atoms with Gasteiger partial charge in [0, 0.05) is 12.1 Å². The second-order valence-corrected chi connectivity index (χ2v) is 8.05. The van der Waals surface area contributed by atoms with Crippen LogP contribution in [0.2, 0.25) is 0 Å². The zero-order chi connectivity index (χ0) is 21.2. The summed E-state index contributed by atoms with van der Waals surface area (Å²) >= 11 is 0. The number of carbonyl (C=O) groups excluding carboxylic acids is 1. The maximum Gasteiger partial charge on any atom is 0.267 e. The van der Waals surface area contributed by atoms with Crippen LogP contribution in [0.5, 0.6) is 0 Å². The molecule has 0 aliphatic rings. The summed E-state index contributed by atoms with van der Waals surface area (Å²) in [4.78, 5) is 24.1. The molecule has 1 heterocycles. The van der Waals surface area contributed by atoms with Gasteiger partial charge in [0.15, 0.2) is 5.03 Å². The molecular formula is C19H15F2N3O4S. The van der Waals surface area contributed by atoms with E-state index in [0.717, 1.165) is 29.8 Å². The van der Waals surface area contributed by atoms with Gasteiger partial charge >= 0.3 is 0 Å². The van der Waals surface area contributed by atoms with Crippen LogP contribution in [-0.2, 0) is 21.2 Å². The normalized spacial score (nSPS) is 11.3. The van der Waals surface area contributed by atoms with Crippen LogP contribution in [0.3, 0.4) is 0 Å². The van der Waals surface area contributed by atoms with Gasteiger partial charge in [0.1, 0.15) is 18.2 Å². The van der Waals surface area contributed by atoms with Crippen LogP contribution in [0, 0.1) is 18.6 Å². The average Bonchev–Trinajstić information content (AvgIpc) is 2.66. The first-order valence-electron chi connectivity index (χ1n) is 8.31. The van der Waals surface area contributed by atoms with Crippen LogP contribution in [0.4, 0.5) is 14.5 Å². The first kappa shape index (κ1) is 20.3. The van der Waals surface area contributed by atoms with Crippen molar-refractivity contribution in [1.82, 2.24) is 9.78 Å². The molecule has 0 saturated heterocycles. The number of aromatic nitrogens is 2. The van der Waals surface area contributed by atoms with E-state index in [0.29, 0.717) is 10.7 Å². The van der Waals surface area contributed by atoms with Crippen molar-refractivity contribution < 1.29 is 22.0 Å². The van der Waals surface area contributed by atoms with Crippen LogP contribution in [0.15, 0.2) is 69.3 Å². The van der Waals surface area contributed by atoms with Gasteiger partial charge in [-0.1, -0.05) is 17.7 Å². The molecule has 150 valence electrons. The Morgan fingerprint density at radius 1 is 1.07 bits per heavy atom. The predicted molar refractivity (Wildman–Crippen MR) is 100 cm³/mol. The molecule has 0 atom stereocenters. The summed E-state index contributed by atoms with van der Waals surface area (Å²) in [6.07, 6.45) is 0.